The van der Waals surface area contributed by atoms with Crippen LogP contribution in [0.5, 0.6) is 0 Å². The van der Waals surface area contributed by atoms with E-state index in [4.69, 9.17) is 0 Å². The molecule has 0 saturated carbocycles. The van der Waals surface area contributed by atoms with Gasteiger partial charge in [0.05, 0.1) is 11.3 Å². The van der Waals surface area contributed by atoms with Crippen molar-refractivity contribution in [3.63, 3.8) is 0 Å². The quantitative estimate of drug-likeness (QED) is 0.577. The first-order valence-electron chi connectivity index (χ1n) is 10.1. The first kappa shape index (κ1) is 20.5. The molecule has 3 aromatic rings. The molecule has 0 aromatic heterocycles. The number of carbonyl (C=O) groups excluding carboxylic acids is 2. The van der Waals surface area contributed by atoms with E-state index in [2.05, 4.69) is 5.32 Å². The van der Waals surface area contributed by atoms with Crippen LogP contribution in [-0.4, -0.2) is 11.8 Å². The highest BCUT2D eigenvalue weighted by Crippen LogP contribution is 2.34. The van der Waals surface area contributed by atoms with Gasteiger partial charge in [-0.15, -0.1) is 0 Å². The van der Waals surface area contributed by atoms with E-state index in [0.29, 0.717) is 16.9 Å². The standard InChI is InChI=1S/C26H23FN2O2/c1-15-11-16(2)13-22(12-15)29-25(30)23(19-6-8-20(27)9-7-19)24(26(29)31)28-21-10-5-17(3)18(4)14-21/h5-14,28H,1-4H3. The van der Waals surface area contributed by atoms with Crippen molar-refractivity contribution in [2.45, 2.75) is 27.7 Å². The Morgan fingerprint density at radius 1 is 0.742 bits per heavy atom. The molecule has 0 spiro atoms. The van der Waals surface area contributed by atoms with Crippen LogP contribution in [0.2, 0.25) is 0 Å². The second kappa shape index (κ2) is 7.84. The molecule has 5 heteroatoms. The third-order valence-electron chi connectivity index (χ3n) is 5.46. The summed E-state index contributed by atoms with van der Waals surface area (Å²) < 4.78 is 13.5. The van der Waals surface area contributed by atoms with Gasteiger partial charge in [-0.3, -0.25) is 9.59 Å². The molecule has 0 fully saturated rings. The van der Waals surface area contributed by atoms with Crippen LogP contribution in [0, 0.1) is 33.5 Å². The van der Waals surface area contributed by atoms with Gasteiger partial charge in [0.1, 0.15) is 11.5 Å². The Morgan fingerprint density at radius 2 is 1.39 bits per heavy atom. The maximum absolute atomic E-state index is 13.5. The van der Waals surface area contributed by atoms with Crippen LogP contribution in [0.1, 0.15) is 27.8 Å². The number of nitrogens with one attached hydrogen (secondary N) is 1. The van der Waals surface area contributed by atoms with Gasteiger partial charge in [-0.2, -0.15) is 0 Å². The second-order valence-corrected chi connectivity index (χ2v) is 7.97. The van der Waals surface area contributed by atoms with Gasteiger partial charge in [0.25, 0.3) is 11.8 Å². The summed E-state index contributed by atoms with van der Waals surface area (Å²) in [6.07, 6.45) is 0. The lowest BCUT2D eigenvalue weighted by Crippen LogP contribution is -2.32. The second-order valence-electron chi connectivity index (χ2n) is 7.97. The van der Waals surface area contributed by atoms with Crippen molar-refractivity contribution >= 4 is 28.8 Å². The summed E-state index contributed by atoms with van der Waals surface area (Å²) in [5.41, 5.74) is 6.22. The van der Waals surface area contributed by atoms with Crippen molar-refractivity contribution in [1.82, 2.24) is 0 Å². The maximum atomic E-state index is 13.5. The fourth-order valence-corrected chi connectivity index (χ4v) is 3.81. The highest BCUT2D eigenvalue weighted by molar-refractivity contribution is 6.46. The van der Waals surface area contributed by atoms with E-state index in [0.717, 1.165) is 22.3 Å². The zero-order valence-corrected chi connectivity index (χ0v) is 17.9. The van der Waals surface area contributed by atoms with E-state index in [1.807, 2.05) is 64.1 Å². The summed E-state index contributed by atoms with van der Waals surface area (Å²) in [4.78, 5) is 28.1. The Kier molecular flexibility index (Phi) is 5.19. The maximum Gasteiger partial charge on any atom is 0.282 e. The van der Waals surface area contributed by atoms with Gasteiger partial charge in [-0.25, -0.2) is 9.29 Å². The third-order valence-corrected chi connectivity index (χ3v) is 5.46. The van der Waals surface area contributed by atoms with Crippen molar-refractivity contribution in [3.05, 3.63) is 100.0 Å². The summed E-state index contributed by atoms with van der Waals surface area (Å²) in [7, 11) is 0. The summed E-state index contributed by atoms with van der Waals surface area (Å²) in [6, 6.07) is 17.0. The van der Waals surface area contributed by atoms with Gasteiger partial charge >= 0.3 is 0 Å². The minimum absolute atomic E-state index is 0.180. The monoisotopic (exact) mass is 414 g/mol. The molecule has 1 aliphatic heterocycles. The lowest BCUT2D eigenvalue weighted by Gasteiger charge is -2.17. The van der Waals surface area contributed by atoms with Gasteiger partial charge in [-0.05, 0) is 91.9 Å². The van der Waals surface area contributed by atoms with E-state index in [1.54, 1.807) is 0 Å². The molecule has 0 unspecified atom stereocenters. The summed E-state index contributed by atoms with van der Waals surface area (Å²) in [5, 5.41) is 3.16. The Hall–Kier alpha value is -3.73. The number of imide groups is 1. The molecule has 1 N–H and O–H groups in total. The molecule has 1 aliphatic rings. The van der Waals surface area contributed by atoms with Gasteiger partial charge in [-0.1, -0.05) is 24.3 Å². The predicted molar refractivity (Wildman–Crippen MR) is 121 cm³/mol. The van der Waals surface area contributed by atoms with Crippen molar-refractivity contribution in [2.75, 3.05) is 10.2 Å². The molecular formula is C26H23FN2O2. The zero-order chi connectivity index (χ0) is 22.3. The number of rotatable bonds is 4. The SMILES string of the molecule is Cc1cc(C)cc(N2C(=O)C(Nc3ccc(C)c(C)c3)=C(c3ccc(F)cc3)C2=O)c1. The van der Waals surface area contributed by atoms with Gasteiger partial charge in [0.2, 0.25) is 0 Å². The van der Waals surface area contributed by atoms with Crippen molar-refractivity contribution in [3.8, 4) is 0 Å². The van der Waals surface area contributed by atoms with E-state index >= 15 is 0 Å². The molecule has 0 atom stereocenters. The third kappa shape index (κ3) is 3.87. The summed E-state index contributed by atoms with van der Waals surface area (Å²) in [6.45, 7) is 7.84. The summed E-state index contributed by atoms with van der Waals surface area (Å²) in [5.74, 6) is -1.28. The average Bonchev–Trinajstić information content (AvgIpc) is 2.94. The van der Waals surface area contributed by atoms with Crippen LogP contribution in [0.15, 0.2) is 66.4 Å². The molecule has 156 valence electrons. The van der Waals surface area contributed by atoms with Gasteiger partial charge in [0.15, 0.2) is 0 Å². The number of halogens is 1. The van der Waals surface area contributed by atoms with Crippen LogP contribution in [0.25, 0.3) is 5.57 Å². The Bertz CT molecular complexity index is 1220. The summed E-state index contributed by atoms with van der Waals surface area (Å²) >= 11 is 0. The first-order valence-corrected chi connectivity index (χ1v) is 10.1. The number of benzene rings is 3. The number of carbonyl (C=O) groups is 2. The normalized spacial score (nSPS) is 13.9. The number of hydrogen-bond donors (Lipinski definition) is 1. The topological polar surface area (TPSA) is 49.4 Å². The first-order chi connectivity index (χ1) is 14.7. The average molecular weight is 414 g/mol. The largest absolute Gasteiger partial charge is 0.350 e. The molecule has 4 rings (SSSR count). The molecule has 0 bridgehead atoms. The van der Waals surface area contributed by atoms with Crippen LogP contribution >= 0.6 is 0 Å². The minimum Gasteiger partial charge on any atom is -0.350 e. The predicted octanol–water partition coefficient (Wildman–Crippen LogP) is 5.46. The number of hydrogen-bond acceptors (Lipinski definition) is 3. The molecule has 0 saturated heterocycles. The van der Waals surface area contributed by atoms with Crippen LogP contribution < -0.4 is 10.2 Å². The lowest BCUT2D eigenvalue weighted by molar-refractivity contribution is -0.120. The number of amides is 2. The van der Waals surface area contributed by atoms with Gasteiger partial charge < -0.3 is 5.32 Å². The highest BCUT2D eigenvalue weighted by atomic mass is 19.1. The minimum atomic E-state index is -0.437. The van der Waals surface area contributed by atoms with E-state index in [1.165, 1.54) is 29.2 Å². The Balaban J connectivity index is 1.84. The zero-order valence-electron chi connectivity index (χ0n) is 17.9. The van der Waals surface area contributed by atoms with E-state index in [-0.39, 0.29) is 11.3 Å². The molecule has 4 nitrogen and oxygen atoms in total. The molecule has 0 radical (unpaired) electrons. The molecule has 0 aliphatic carbocycles. The van der Waals surface area contributed by atoms with E-state index < -0.39 is 17.6 Å². The Labute approximate surface area is 181 Å². The molecular weight excluding hydrogens is 391 g/mol. The van der Waals surface area contributed by atoms with Crippen LogP contribution in [0.3, 0.4) is 0 Å². The molecule has 31 heavy (non-hydrogen) atoms. The van der Waals surface area contributed by atoms with Gasteiger partial charge in [0, 0.05) is 5.69 Å². The molecule has 2 amide bonds. The number of aryl methyl sites for hydroxylation is 4. The fraction of sp³-hybridized carbons (Fsp3) is 0.154. The Morgan fingerprint density at radius 3 is 2.00 bits per heavy atom. The highest BCUT2D eigenvalue weighted by Gasteiger charge is 2.40. The van der Waals surface area contributed by atoms with Crippen molar-refractivity contribution < 1.29 is 14.0 Å². The molecule has 1 heterocycles. The van der Waals surface area contributed by atoms with Crippen molar-refractivity contribution in [2.24, 2.45) is 0 Å². The van der Waals surface area contributed by atoms with Crippen LogP contribution in [-0.2, 0) is 9.59 Å². The fourth-order valence-electron chi connectivity index (χ4n) is 3.81. The van der Waals surface area contributed by atoms with Crippen molar-refractivity contribution in [1.29, 1.82) is 0 Å². The lowest BCUT2D eigenvalue weighted by atomic mass is 10.0. The number of nitrogens with zero attached hydrogens (tertiary/aromatic N) is 1. The van der Waals surface area contributed by atoms with Crippen LogP contribution in [0.4, 0.5) is 15.8 Å². The van der Waals surface area contributed by atoms with E-state index in [9.17, 15) is 14.0 Å². The molecule has 3 aromatic carbocycles. The number of anilines is 2. The smallest absolute Gasteiger partial charge is 0.282 e.